The van der Waals surface area contributed by atoms with E-state index < -0.39 is 18.2 Å². The van der Waals surface area contributed by atoms with Crippen molar-refractivity contribution in [2.75, 3.05) is 0 Å². The summed E-state index contributed by atoms with van der Waals surface area (Å²) in [5.74, 6) is -0.837. The topological polar surface area (TPSA) is 77.8 Å². The molecule has 0 aliphatic heterocycles. The molecule has 4 heteroatoms. The quantitative estimate of drug-likeness (QED) is 0.306. The maximum Gasteiger partial charge on any atom is 0.303 e. The highest BCUT2D eigenvalue weighted by Gasteiger charge is 2.01. The van der Waals surface area contributed by atoms with Gasteiger partial charge in [-0.1, -0.05) is 81.9 Å². The molecule has 0 amide bonds. The molecule has 3 N–H and O–H groups in total. The Balaban J connectivity index is 3.70. The SMILES string of the molecule is CCCCCCCC[C@H](O)/C=C/C=C\C=C\[C@H](O)CCCC(=O)O. The average Bonchev–Trinajstić information content (AvgIpc) is 2.53. The van der Waals surface area contributed by atoms with Gasteiger partial charge in [-0.25, -0.2) is 0 Å². The number of rotatable bonds is 15. The van der Waals surface area contributed by atoms with Crippen LogP contribution in [0.15, 0.2) is 36.5 Å². The first-order valence-corrected chi connectivity index (χ1v) is 9.15. The molecule has 0 fully saturated rings. The summed E-state index contributed by atoms with van der Waals surface area (Å²) in [7, 11) is 0. The molecular weight excluding hydrogens is 304 g/mol. The van der Waals surface area contributed by atoms with E-state index in [9.17, 15) is 15.0 Å². The predicted molar refractivity (Wildman–Crippen MR) is 98.9 cm³/mol. The Hall–Kier alpha value is -1.39. The Kier molecular flexibility index (Phi) is 15.5. The third-order valence-electron chi connectivity index (χ3n) is 3.74. The zero-order valence-corrected chi connectivity index (χ0v) is 14.9. The number of aliphatic carboxylic acids is 1. The summed E-state index contributed by atoms with van der Waals surface area (Å²) in [4.78, 5) is 10.4. The van der Waals surface area contributed by atoms with Crippen LogP contribution >= 0.6 is 0 Å². The predicted octanol–water partition coefficient (Wildman–Crippen LogP) is 4.38. The maximum absolute atomic E-state index is 10.4. The summed E-state index contributed by atoms with van der Waals surface area (Å²) in [6.45, 7) is 2.21. The van der Waals surface area contributed by atoms with Crippen LogP contribution in [-0.2, 0) is 4.79 Å². The van der Waals surface area contributed by atoms with Gasteiger partial charge in [0, 0.05) is 6.42 Å². The fourth-order valence-electron chi connectivity index (χ4n) is 2.30. The highest BCUT2D eigenvalue weighted by molar-refractivity contribution is 5.66. The maximum atomic E-state index is 10.4. The molecule has 0 radical (unpaired) electrons. The molecule has 138 valence electrons. The number of allylic oxidation sites excluding steroid dienone is 4. The van der Waals surface area contributed by atoms with Crippen LogP contribution in [-0.4, -0.2) is 33.5 Å². The Labute approximate surface area is 146 Å². The second-order valence-corrected chi connectivity index (χ2v) is 6.13. The van der Waals surface area contributed by atoms with Gasteiger partial charge in [0.1, 0.15) is 0 Å². The van der Waals surface area contributed by atoms with E-state index in [0.717, 1.165) is 12.8 Å². The number of carboxylic acids is 1. The van der Waals surface area contributed by atoms with Gasteiger partial charge in [0.15, 0.2) is 0 Å². The second kappa shape index (κ2) is 16.5. The summed E-state index contributed by atoms with van der Waals surface area (Å²) in [5.41, 5.74) is 0. The van der Waals surface area contributed by atoms with Gasteiger partial charge >= 0.3 is 5.97 Å². The fourth-order valence-corrected chi connectivity index (χ4v) is 2.30. The van der Waals surface area contributed by atoms with E-state index in [4.69, 9.17) is 5.11 Å². The van der Waals surface area contributed by atoms with Crippen molar-refractivity contribution in [2.45, 2.75) is 83.3 Å². The van der Waals surface area contributed by atoms with Crippen molar-refractivity contribution < 1.29 is 20.1 Å². The van der Waals surface area contributed by atoms with Crippen LogP contribution in [0, 0.1) is 0 Å². The van der Waals surface area contributed by atoms with Gasteiger partial charge in [0.2, 0.25) is 0 Å². The third-order valence-corrected chi connectivity index (χ3v) is 3.74. The van der Waals surface area contributed by atoms with Crippen molar-refractivity contribution in [3.8, 4) is 0 Å². The molecule has 0 rings (SSSR count). The van der Waals surface area contributed by atoms with E-state index in [2.05, 4.69) is 6.92 Å². The van der Waals surface area contributed by atoms with E-state index in [-0.39, 0.29) is 6.42 Å². The number of hydrogen-bond donors (Lipinski definition) is 3. The molecule has 0 aromatic heterocycles. The van der Waals surface area contributed by atoms with Crippen molar-refractivity contribution in [1.82, 2.24) is 0 Å². The number of aliphatic hydroxyl groups excluding tert-OH is 2. The summed E-state index contributed by atoms with van der Waals surface area (Å²) in [6, 6.07) is 0. The van der Waals surface area contributed by atoms with Crippen molar-refractivity contribution in [3.05, 3.63) is 36.5 Å². The molecule has 0 spiro atoms. The molecule has 0 aromatic carbocycles. The highest BCUT2D eigenvalue weighted by atomic mass is 16.4. The van der Waals surface area contributed by atoms with Crippen molar-refractivity contribution in [2.24, 2.45) is 0 Å². The minimum Gasteiger partial charge on any atom is -0.481 e. The van der Waals surface area contributed by atoms with Gasteiger partial charge in [-0.2, -0.15) is 0 Å². The largest absolute Gasteiger partial charge is 0.481 e. The fraction of sp³-hybridized carbons (Fsp3) is 0.650. The molecule has 0 saturated heterocycles. The molecule has 0 saturated carbocycles. The zero-order valence-electron chi connectivity index (χ0n) is 14.9. The lowest BCUT2D eigenvalue weighted by Crippen LogP contribution is -2.03. The normalized spacial score (nSPS) is 14.8. The van der Waals surface area contributed by atoms with Gasteiger partial charge in [0.05, 0.1) is 12.2 Å². The molecule has 0 heterocycles. The second-order valence-electron chi connectivity index (χ2n) is 6.13. The molecule has 2 atom stereocenters. The number of unbranched alkanes of at least 4 members (excludes halogenated alkanes) is 5. The van der Waals surface area contributed by atoms with Crippen LogP contribution in [0.5, 0.6) is 0 Å². The van der Waals surface area contributed by atoms with Crippen LogP contribution in [0.1, 0.15) is 71.1 Å². The van der Waals surface area contributed by atoms with Gasteiger partial charge in [-0.05, 0) is 19.3 Å². The minimum atomic E-state index is -0.837. The van der Waals surface area contributed by atoms with E-state index in [0.29, 0.717) is 12.8 Å². The lowest BCUT2D eigenvalue weighted by Gasteiger charge is -2.04. The van der Waals surface area contributed by atoms with E-state index >= 15 is 0 Å². The molecule has 0 aliphatic rings. The molecule has 0 aliphatic carbocycles. The lowest BCUT2D eigenvalue weighted by molar-refractivity contribution is -0.137. The van der Waals surface area contributed by atoms with Gasteiger partial charge in [0.25, 0.3) is 0 Å². The first-order chi connectivity index (χ1) is 11.6. The van der Waals surface area contributed by atoms with Crippen molar-refractivity contribution >= 4 is 5.97 Å². The van der Waals surface area contributed by atoms with Crippen molar-refractivity contribution in [3.63, 3.8) is 0 Å². The third kappa shape index (κ3) is 17.0. The minimum absolute atomic E-state index is 0.0833. The van der Waals surface area contributed by atoms with E-state index in [1.54, 1.807) is 24.3 Å². The van der Waals surface area contributed by atoms with Gasteiger partial charge < -0.3 is 15.3 Å². The molecule has 0 aromatic rings. The van der Waals surface area contributed by atoms with Crippen LogP contribution in [0.3, 0.4) is 0 Å². The molecule has 4 nitrogen and oxygen atoms in total. The van der Waals surface area contributed by atoms with Crippen LogP contribution in [0.25, 0.3) is 0 Å². The van der Waals surface area contributed by atoms with Crippen LogP contribution < -0.4 is 0 Å². The highest BCUT2D eigenvalue weighted by Crippen LogP contribution is 2.09. The lowest BCUT2D eigenvalue weighted by atomic mass is 10.1. The number of carbonyl (C=O) groups is 1. The Morgan fingerprint density at radius 3 is 1.83 bits per heavy atom. The van der Waals surface area contributed by atoms with E-state index in [1.165, 1.54) is 32.1 Å². The Morgan fingerprint density at radius 2 is 1.29 bits per heavy atom. The zero-order chi connectivity index (χ0) is 18.0. The van der Waals surface area contributed by atoms with Gasteiger partial charge in [-0.15, -0.1) is 0 Å². The Bertz CT molecular complexity index is 385. The smallest absolute Gasteiger partial charge is 0.303 e. The molecule has 24 heavy (non-hydrogen) atoms. The summed E-state index contributed by atoms with van der Waals surface area (Å²) in [5, 5.41) is 27.9. The van der Waals surface area contributed by atoms with Gasteiger partial charge in [-0.3, -0.25) is 4.79 Å². The standard InChI is InChI=1S/C20H34O4/c1-2-3-4-5-6-9-13-18(21)14-10-7-8-11-15-19(22)16-12-17-20(23)24/h7-8,10-11,14-15,18-19,21-22H,2-6,9,12-13,16-17H2,1H3,(H,23,24)/b8-7-,14-10+,15-11+/t18-,19-/m0/s1. The molecular formula is C20H34O4. The monoisotopic (exact) mass is 338 g/mol. The first kappa shape index (κ1) is 22.6. The van der Waals surface area contributed by atoms with Crippen molar-refractivity contribution in [1.29, 1.82) is 0 Å². The van der Waals surface area contributed by atoms with Crippen LogP contribution in [0.2, 0.25) is 0 Å². The number of hydrogen-bond acceptors (Lipinski definition) is 3. The first-order valence-electron chi connectivity index (χ1n) is 9.15. The number of carboxylic acid groups (broad SMARTS) is 1. The molecule has 0 bridgehead atoms. The average molecular weight is 338 g/mol. The molecule has 0 unspecified atom stereocenters. The Morgan fingerprint density at radius 1 is 0.792 bits per heavy atom. The van der Waals surface area contributed by atoms with E-state index in [1.807, 2.05) is 12.2 Å². The summed E-state index contributed by atoms with van der Waals surface area (Å²) < 4.78 is 0. The number of aliphatic hydroxyl groups is 2. The van der Waals surface area contributed by atoms with Crippen LogP contribution in [0.4, 0.5) is 0 Å². The summed E-state index contributed by atoms with van der Waals surface area (Å²) in [6.07, 6.45) is 18.7. The summed E-state index contributed by atoms with van der Waals surface area (Å²) >= 11 is 0.